The van der Waals surface area contributed by atoms with Crippen LogP contribution in [0, 0.1) is 5.41 Å². The van der Waals surface area contributed by atoms with E-state index < -0.39 is 10.2 Å². The molecule has 2 aliphatic heterocycles. The minimum absolute atomic E-state index is 0.0144. The Labute approximate surface area is 115 Å². The average molecular weight is 289 g/mol. The van der Waals surface area contributed by atoms with E-state index in [-0.39, 0.29) is 17.4 Å². The van der Waals surface area contributed by atoms with Crippen LogP contribution in [0.1, 0.15) is 33.1 Å². The zero-order chi connectivity index (χ0) is 14.3. The lowest BCUT2D eigenvalue weighted by Crippen LogP contribution is -2.50. The second-order valence-corrected chi connectivity index (χ2v) is 7.96. The van der Waals surface area contributed by atoms with Gasteiger partial charge in [0.2, 0.25) is 5.91 Å². The minimum atomic E-state index is -3.36. The van der Waals surface area contributed by atoms with E-state index in [1.54, 1.807) is 11.4 Å². The maximum Gasteiger partial charge on any atom is 0.281 e. The van der Waals surface area contributed by atoms with E-state index in [1.165, 1.54) is 4.31 Å². The summed E-state index contributed by atoms with van der Waals surface area (Å²) in [6.07, 6.45) is 2.06. The Bertz CT molecular complexity index is 453. The molecule has 2 saturated heterocycles. The van der Waals surface area contributed by atoms with Gasteiger partial charge in [0.15, 0.2) is 0 Å². The highest BCUT2D eigenvalue weighted by Gasteiger charge is 2.43. The van der Waals surface area contributed by atoms with Crippen molar-refractivity contribution in [3.8, 4) is 0 Å². The van der Waals surface area contributed by atoms with Crippen molar-refractivity contribution in [1.29, 1.82) is 0 Å². The van der Waals surface area contributed by atoms with Crippen LogP contribution in [0.4, 0.5) is 0 Å². The van der Waals surface area contributed by atoms with Gasteiger partial charge in [0.1, 0.15) is 0 Å². The number of rotatable bonds is 3. The lowest BCUT2D eigenvalue weighted by molar-refractivity contribution is -0.119. The second-order valence-electron chi connectivity index (χ2n) is 5.97. The Morgan fingerprint density at radius 1 is 1.32 bits per heavy atom. The Morgan fingerprint density at radius 2 is 1.89 bits per heavy atom. The summed E-state index contributed by atoms with van der Waals surface area (Å²) >= 11 is 0. The van der Waals surface area contributed by atoms with Gasteiger partial charge in [-0.15, -0.1) is 0 Å². The molecule has 7 heteroatoms. The van der Waals surface area contributed by atoms with E-state index in [4.69, 9.17) is 0 Å². The lowest BCUT2D eigenvalue weighted by Gasteiger charge is -2.39. The molecule has 0 aliphatic carbocycles. The molecule has 110 valence electrons. The molecule has 2 fully saturated rings. The van der Waals surface area contributed by atoms with Gasteiger partial charge in [-0.3, -0.25) is 4.79 Å². The van der Waals surface area contributed by atoms with Gasteiger partial charge in [0.25, 0.3) is 10.2 Å². The topological polar surface area (TPSA) is 69.7 Å². The molecule has 0 unspecified atom stereocenters. The predicted molar refractivity (Wildman–Crippen MR) is 72.7 cm³/mol. The van der Waals surface area contributed by atoms with Gasteiger partial charge in [-0.2, -0.15) is 17.0 Å². The van der Waals surface area contributed by atoms with Crippen LogP contribution in [-0.4, -0.2) is 55.7 Å². The summed E-state index contributed by atoms with van der Waals surface area (Å²) in [5.41, 5.74) is -0.0144. The molecule has 2 heterocycles. The molecule has 0 aromatic heterocycles. The highest BCUT2D eigenvalue weighted by Crippen LogP contribution is 2.38. The Morgan fingerprint density at radius 3 is 2.32 bits per heavy atom. The van der Waals surface area contributed by atoms with Crippen LogP contribution in [0.25, 0.3) is 0 Å². The highest BCUT2D eigenvalue weighted by atomic mass is 32.2. The average Bonchev–Trinajstić information content (AvgIpc) is 2.70. The summed E-state index contributed by atoms with van der Waals surface area (Å²) in [6, 6.07) is -0.0457. The predicted octanol–water partition coefficient (Wildman–Crippen LogP) is 0.174. The fourth-order valence-electron chi connectivity index (χ4n) is 2.75. The molecule has 1 spiro atoms. The van der Waals surface area contributed by atoms with Gasteiger partial charge in [-0.05, 0) is 32.1 Å². The van der Waals surface area contributed by atoms with E-state index >= 15 is 0 Å². The van der Waals surface area contributed by atoms with Crippen molar-refractivity contribution in [2.45, 2.75) is 39.2 Å². The van der Waals surface area contributed by atoms with Crippen molar-refractivity contribution in [3.63, 3.8) is 0 Å². The zero-order valence-corrected chi connectivity index (χ0v) is 12.7. The lowest BCUT2D eigenvalue weighted by atomic mass is 9.78. The normalized spacial score (nSPS) is 24.4. The summed E-state index contributed by atoms with van der Waals surface area (Å²) in [5, 5.41) is 2.86. The molecule has 1 N–H and O–H groups in total. The first kappa shape index (κ1) is 14.7. The van der Waals surface area contributed by atoms with E-state index in [0.717, 1.165) is 12.8 Å². The number of carbonyl (C=O) groups excluding carboxylic acids is 1. The van der Waals surface area contributed by atoms with Crippen molar-refractivity contribution in [1.82, 2.24) is 13.9 Å². The number of carbonyl (C=O) groups is 1. The number of hydrogen-bond donors (Lipinski definition) is 1. The molecule has 0 saturated carbocycles. The number of nitrogens with zero attached hydrogens (tertiary/aromatic N) is 2. The van der Waals surface area contributed by atoms with Gasteiger partial charge < -0.3 is 5.32 Å². The van der Waals surface area contributed by atoms with E-state index in [2.05, 4.69) is 5.32 Å². The highest BCUT2D eigenvalue weighted by molar-refractivity contribution is 7.86. The molecule has 6 nitrogen and oxygen atoms in total. The fraction of sp³-hybridized carbons (Fsp3) is 0.917. The first-order valence-electron chi connectivity index (χ1n) is 6.77. The molecule has 0 aromatic carbocycles. The minimum Gasteiger partial charge on any atom is -0.356 e. The molecule has 0 radical (unpaired) electrons. The second kappa shape index (κ2) is 5.03. The van der Waals surface area contributed by atoms with Crippen LogP contribution in [0.3, 0.4) is 0 Å². The summed E-state index contributed by atoms with van der Waals surface area (Å²) in [7, 11) is -1.74. The van der Waals surface area contributed by atoms with Gasteiger partial charge in [0.05, 0.1) is 0 Å². The molecule has 0 bridgehead atoms. The van der Waals surface area contributed by atoms with E-state index in [9.17, 15) is 13.2 Å². The third-order valence-electron chi connectivity index (χ3n) is 4.40. The van der Waals surface area contributed by atoms with Crippen molar-refractivity contribution in [2.75, 3.05) is 26.7 Å². The standard InChI is InChI=1S/C12H23N3O3S/c1-10(2)14(3)19(17,18)15-6-4-12(5-7-15)8-11(16)13-9-12/h10H,4-9H2,1-3H3,(H,13,16). The van der Waals surface area contributed by atoms with Crippen LogP contribution in [-0.2, 0) is 15.0 Å². The summed E-state index contributed by atoms with van der Waals surface area (Å²) in [5.74, 6) is 0.0932. The van der Waals surface area contributed by atoms with E-state index in [1.807, 2.05) is 13.8 Å². The van der Waals surface area contributed by atoms with Crippen LogP contribution in [0.5, 0.6) is 0 Å². The van der Waals surface area contributed by atoms with Gasteiger partial charge in [-0.1, -0.05) is 0 Å². The molecular formula is C12H23N3O3S. The van der Waals surface area contributed by atoms with Crippen molar-refractivity contribution in [3.05, 3.63) is 0 Å². The molecule has 0 aromatic rings. The van der Waals surface area contributed by atoms with Crippen molar-refractivity contribution in [2.24, 2.45) is 5.41 Å². The van der Waals surface area contributed by atoms with Crippen LogP contribution in [0.15, 0.2) is 0 Å². The molecule has 0 atom stereocenters. The fourth-order valence-corrected chi connectivity index (χ4v) is 4.29. The maximum absolute atomic E-state index is 12.4. The Balaban J connectivity index is 2.02. The zero-order valence-electron chi connectivity index (χ0n) is 11.8. The smallest absolute Gasteiger partial charge is 0.281 e. The van der Waals surface area contributed by atoms with Crippen molar-refractivity contribution < 1.29 is 13.2 Å². The van der Waals surface area contributed by atoms with E-state index in [0.29, 0.717) is 26.1 Å². The third kappa shape index (κ3) is 2.78. The molecule has 1 amide bonds. The molecule has 2 aliphatic rings. The first-order valence-corrected chi connectivity index (χ1v) is 8.16. The summed E-state index contributed by atoms with van der Waals surface area (Å²) < 4.78 is 27.7. The number of hydrogen-bond acceptors (Lipinski definition) is 3. The van der Waals surface area contributed by atoms with Crippen LogP contribution < -0.4 is 5.32 Å². The quantitative estimate of drug-likeness (QED) is 0.805. The summed E-state index contributed by atoms with van der Waals surface area (Å²) in [6.45, 7) is 5.44. The Kier molecular flexibility index (Phi) is 3.90. The first-order chi connectivity index (χ1) is 8.77. The monoisotopic (exact) mass is 289 g/mol. The Hall–Kier alpha value is -0.660. The molecule has 2 rings (SSSR count). The number of piperidine rings is 1. The van der Waals surface area contributed by atoms with Crippen molar-refractivity contribution >= 4 is 16.1 Å². The van der Waals surface area contributed by atoms with Gasteiger partial charge in [0, 0.05) is 39.1 Å². The molecular weight excluding hydrogens is 266 g/mol. The SMILES string of the molecule is CC(C)N(C)S(=O)(=O)N1CCC2(CC1)CNC(=O)C2. The third-order valence-corrected chi connectivity index (χ3v) is 6.56. The van der Waals surface area contributed by atoms with Gasteiger partial charge in [-0.25, -0.2) is 0 Å². The number of amides is 1. The van der Waals surface area contributed by atoms with Crippen LogP contribution in [0.2, 0.25) is 0 Å². The largest absolute Gasteiger partial charge is 0.356 e. The van der Waals surface area contributed by atoms with Crippen LogP contribution >= 0.6 is 0 Å². The molecule has 19 heavy (non-hydrogen) atoms. The van der Waals surface area contributed by atoms with Gasteiger partial charge >= 0.3 is 0 Å². The summed E-state index contributed by atoms with van der Waals surface area (Å²) in [4.78, 5) is 11.3. The number of nitrogens with one attached hydrogen (secondary N) is 1. The maximum atomic E-state index is 12.4.